The van der Waals surface area contributed by atoms with Crippen molar-refractivity contribution in [1.82, 2.24) is 10.4 Å². The van der Waals surface area contributed by atoms with E-state index in [9.17, 15) is 9.59 Å². The van der Waals surface area contributed by atoms with Crippen molar-refractivity contribution in [3.8, 4) is 0 Å². The van der Waals surface area contributed by atoms with Gasteiger partial charge in [0.1, 0.15) is 19.3 Å². The number of alkyl carbamates (subject to hydrolysis) is 1. The highest BCUT2D eigenvalue weighted by Gasteiger charge is 2.29. The number of nitrogens with one attached hydrogen (secondary N) is 1. The van der Waals surface area contributed by atoms with E-state index in [0.29, 0.717) is 19.6 Å². The van der Waals surface area contributed by atoms with Crippen molar-refractivity contribution in [3.05, 3.63) is 71.8 Å². The molecule has 2 amide bonds. The molecule has 2 aromatic rings. The number of rotatable bonds is 6. The number of benzene rings is 2. The van der Waals surface area contributed by atoms with Gasteiger partial charge in [0.15, 0.2) is 0 Å². The van der Waals surface area contributed by atoms with Gasteiger partial charge in [0.2, 0.25) is 0 Å². The van der Waals surface area contributed by atoms with E-state index in [1.54, 1.807) is 0 Å². The van der Waals surface area contributed by atoms with Gasteiger partial charge in [-0.05, 0) is 30.4 Å². The minimum absolute atomic E-state index is 0.168. The van der Waals surface area contributed by atoms with Crippen LogP contribution in [-0.2, 0) is 27.6 Å². The van der Waals surface area contributed by atoms with Crippen LogP contribution in [0.2, 0.25) is 0 Å². The Morgan fingerprint density at radius 1 is 0.963 bits per heavy atom. The minimum Gasteiger partial charge on any atom is -0.445 e. The van der Waals surface area contributed by atoms with Crippen LogP contribution in [0.4, 0.5) is 4.79 Å². The highest BCUT2D eigenvalue weighted by molar-refractivity contribution is 5.85. The Hall–Kier alpha value is -2.86. The van der Waals surface area contributed by atoms with Crippen LogP contribution < -0.4 is 5.32 Å². The van der Waals surface area contributed by atoms with Gasteiger partial charge in [0.25, 0.3) is 5.91 Å². The average Bonchev–Trinajstić information content (AvgIpc) is 2.88. The van der Waals surface area contributed by atoms with E-state index in [1.165, 1.54) is 5.06 Å². The number of amides is 2. The Kier molecular flexibility index (Phi) is 6.82. The highest BCUT2D eigenvalue weighted by atomic mass is 16.7. The lowest BCUT2D eigenvalue weighted by molar-refractivity contribution is -0.192. The van der Waals surface area contributed by atoms with Gasteiger partial charge < -0.3 is 10.1 Å². The van der Waals surface area contributed by atoms with Gasteiger partial charge in [-0.1, -0.05) is 60.7 Å². The molecule has 0 aromatic heterocycles. The smallest absolute Gasteiger partial charge is 0.408 e. The second kappa shape index (κ2) is 9.73. The van der Waals surface area contributed by atoms with Crippen molar-refractivity contribution in [2.45, 2.75) is 38.5 Å². The van der Waals surface area contributed by atoms with Gasteiger partial charge in [-0.25, -0.2) is 9.86 Å². The van der Waals surface area contributed by atoms with E-state index in [4.69, 9.17) is 9.57 Å². The third-order valence-corrected chi connectivity index (χ3v) is 4.38. The maximum Gasteiger partial charge on any atom is 0.408 e. The van der Waals surface area contributed by atoms with E-state index in [0.717, 1.165) is 24.0 Å². The van der Waals surface area contributed by atoms with Crippen molar-refractivity contribution >= 4 is 12.0 Å². The van der Waals surface area contributed by atoms with E-state index >= 15 is 0 Å². The summed E-state index contributed by atoms with van der Waals surface area (Å²) in [6.07, 6.45) is 1.64. The lowest BCUT2D eigenvalue weighted by Gasteiger charge is -2.24. The summed E-state index contributed by atoms with van der Waals surface area (Å²) in [5, 5.41) is 4.04. The second-order valence-electron chi connectivity index (χ2n) is 6.45. The Morgan fingerprint density at radius 3 is 2.26 bits per heavy atom. The van der Waals surface area contributed by atoms with E-state index < -0.39 is 12.1 Å². The fraction of sp³-hybridized carbons (Fsp3) is 0.333. The lowest BCUT2D eigenvalue weighted by atomic mass is 10.1. The van der Waals surface area contributed by atoms with Crippen LogP contribution in [0, 0.1) is 0 Å². The summed E-state index contributed by atoms with van der Waals surface area (Å²) in [6, 6.07) is 18.5. The first-order valence-electron chi connectivity index (χ1n) is 9.18. The number of nitrogens with zero attached hydrogens (tertiary/aromatic N) is 1. The van der Waals surface area contributed by atoms with Crippen LogP contribution in [0.15, 0.2) is 60.7 Å². The molecule has 1 aliphatic heterocycles. The first-order chi connectivity index (χ1) is 13.2. The third kappa shape index (κ3) is 5.82. The number of carbonyl (C=O) groups is 2. The van der Waals surface area contributed by atoms with Gasteiger partial charge in [0, 0.05) is 6.54 Å². The van der Waals surface area contributed by atoms with Gasteiger partial charge in [-0.15, -0.1) is 0 Å². The fourth-order valence-electron chi connectivity index (χ4n) is 2.91. The van der Waals surface area contributed by atoms with Crippen molar-refractivity contribution in [2.24, 2.45) is 0 Å². The molecule has 1 saturated heterocycles. The first-order valence-corrected chi connectivity index (χ1v) is 9.18. The molecule has 2 aromatic carbocycles. The molecule has 0 aliphatic carbocycles. The molecule has 27 heavy (non-hydrogen) atoms. The van der Waals surface area contributed by atoms with Gasteiger partial charge in [-0.3, -0.25) is 9.63 Å². The third-order valence-electron chi connectivity index (χ3n) is 4.38. The molecule has 3 rings (SSSR count). The largest absolute Gasteiger partial charge is 0.445 e. The van der Waals surface area contributed by atoms with Crippen LogP contribution in [0.1, 0.15) is 30.4 Å². The van der Waals surface area contributed by atoms with Gasteiger partial charge in [-0.2, -0.15) is 0 Å². The fourth-order valence-corrected chi connectivity index (χ4v) is 2.91. The summed E-state index contributed by atoms with van der Waals surface area (Å²) in [6.45, 7) is 1.00. The van der Waals surface area contributed by atoms with E-state index in [1.807, 2.05) is 60.7 Å². The number of hydroxylamine groups is 2. The van der Waals surface area contributed by atoms with Crippen LogP contribution in [0.3, 0.4) is 0 Å². The number of hydrogen-bond donors (Lipinski definition) is 1. The summed E-state index contributed by atoms with van der Waals surface area (Å²) >= 11 is 0. The topological polar surface area (TPSA) is 67.9 Å². The molecule has 1 aliphatic rings. The molecule has 1 fully saturated rings. The predicted molar refractivity (Wildman–Crippen MR) is 100 cm³/mol. The Morgan fingerprint density at radius 2 is 1.59 bits per heavy atom. The lowest BCUT2D eigenvalue weighted by Crippen LogP contribution is -2.47. The number of hydrogen-bond acceptors (Lipinski definition) is 4. The second-order valence-corrected chi connectivity index (χ2v) is 6.45. The molecular weight excluding hydrogens is 344 g/mol. The molecule has 142 valence electrons. The minimum atomic E-state index is -0.633. The van der Waals surface area contributed by atoms with Gasteiger partial charge >= 0.3 is 6.09 Å². The zero-order valence-electron chi connectivity index (χ0n) is 15.2. The van der Waals surface area contributed by atoms with Crippen LogP contribution in [0.5, 0.6) is 0 Å². The number of carbonyl (C=O) groups excluding carboxylic acids is 2. The summed E-state index contributed by atoms with van der Waals surface area (Å²) in [5.74, 6) is -0.236. The predicted octanol–water partition coefficient (Wildman–Crippen LogP) is 3.43. The molecule has 6 nitrogen and oxygen atoms in total. The molecule has 1 N–H and O–H groups in total. The summed E-state index contributed by atoms with van der Waals surface area (Å²) < 4.78 is 5.22. The van der Waals surface area contributed by atoms with E-state index in [-0.39, 0.29) is 12.5 Å². The van der Waals surface area contributed by atoms with Gasteiger partial charge in [0.05, 0.1) is 0 Å². The molecule has 0 unspecified atom stereocenters. The zero-order valence-corrected chi connectivity index (χ0v) is 15.2. The van der Waals surface area contributed by atoms with E-state index in [2.05, 4.69) is 5.32 Å². The average molecular weight is 368 g/mol. The molecule has 6 heteroatoms. The van der Waals surface area contributed by atoms with Crippen molar-refractivity contribution in [1.29, 1.82) is 0 Å². The zero-order chi connectivity index (χ0) is 18.9. The maximum absolute atomic E-state index is 12.7. The Balaban J connectivity index is 1.51. The first kappa shape index (κ1) is 18.9. The molecule has 1 atom stereocenters. The SMILES string of the molecule is O=C(N[C@H]1CCCCN(OCc2ccccc2)C1=O)OCc1ccccc1. The molecule has 1 heterocycles. The quantitative estimate of drug-likeness (QED) is 0.848. The van der Waals surface area contributed by atoms with Crippen LogP contribution in [0.25, 0.3) is 0 Å². The van der Waals surface area contributed by atoms with Crippen LogP contribution >= 0.6 is 0 Å². The van der Waals surface area contributed by atoms with Crippen LogP contribution in [-0.4, -0.2) is 29.7 Å². The monoisotopic (exact) mass is 368 g/mol. The maximum atomic E-state index is 12.7. The Labute approximate surface area is 159 Å². The Bertz CT molecular complexity index is 736. The molecule has 0 saturated carbocycles. The standard InChI is InChI=1S/C21H24N2O4/c24-20-19(22-21(25)26-15-17-9-3-1-4-10-17)13-7-8-14-23(20)27-16-18-11-5-2-6-12-18/h1-6,9-12,19H,7-8,13-16H2,(H,22,25)/t19-/m0/s1. The molecule has 0 bridgehead atoms. The summed E-state index contributed by atoms with van der Waals surface area (Å²) in [4.78, 5) is 30.5. The molecule has 0 radical (unpaired) electrons. The normalized spacial score (nSPS) is 17.3. The summed E-state index contributed by atoms with van der Waals surface area (Å²) in [7, 11) is 0. The van der Waals surface area contributed by atoms with Crippen molar-refractivity contribution in [2.75, 3.05) is 6.54 Å². The number of ether oxygens (including phenoxy) is 1. The highest BCUT2D eigenvalue weighted by Crippen LogP contribution is 2.14. The summed E-state index contributed by atoms with van der Waals surface area (Å²) in [5.41, 5.74) is 1.88. The molecular formula is C21H24N2O4. The van der Waals surface area contributed by atoms with Crippen molar-refractivity contribution < 1.29 is 19.2 Å². The molecule has 0 spiro atoms. The van der Waals surface area contributed by atoms with Crippen molar-refractivity contribution in [3.63, 3.8) is 0 Å².